The number of benzene rings is 1. The van der Waals surface area contributed by atoms with Crippen molar-refractivity contribution < 1.29 is 14.3 Å². The number of aryl methyl sites for hydroxylation is 1. The quantitative estimate of drug-likeness (QED) is 0.286. The lowest BCUT2D eigenvalue weighted by Crippen LogP contribution is -2.43. The molecule has 3 rings (SSSR count). The van der Waals surface area contributed by atoms with Gasteiger partial charge in [-0.1, -0.05) is 43.6 Å². The van der Waals surface area contributed by atoms with Crippen molar-refractivity contribution in [2.75, 3.05) is 12.3 Å². The van der Waals surface area contributed by atoms with E-state index in [1.807, 2.05) is 44.2 Å². The highest BCUT2D eigenvalue weighted by molar-refractivity contribution is 6.31. The fourth-order valence-corrected chi connectivity index (χ4v) is 3.77. The van der Waals surface area contributed by atoms with Crippen molar-refractivity contribution in [3.8, 4) is 5.69 Å². The summed E-state index contributed by atoms with van der Waals surface area (Å²) in [5.41, 5.74) is 5.96. The number of rotatable bonds is 8. The fourth-order valence-electron chi connectivity index (χ4n) is 3.44. The molecular formula is C24H26ClN5O5. The number of anilines is 1. The minimum atomic E-state index is -0.847. The third-order valence-corrected chi connectivity index (χ3v) is 5.55. The first-order valence-corrected chi connectivity index (χ1v) is 11.2. The summed E-state index contributed by atoms with van der Waals surface area (Å²) in [6.07, 6.45) is 2.55. The highest BCUT2D eigenvalue weighted by Gasteiger charge is 2.23. The van der Waals surface area contributed by atoms with Crippen molar-refractivity contribution >= 4 is 35.2 Å². The van der Waals surface area contributed by atoms with Gasteiger partial charge < -0.3 is 10.5 Å². The molecule has 0 unspecified atom stereocenters. The van der Waals surface area contributed by atoms with E-state index in [9.17, 15) is 19.2 Å². The van der Waals surface area contributed by atoms with E-state index in [-0.39, 0.29) is 18.3 Å². The van der Waals surface area contributed by atoms with Crippen LogP contribution in [0.1, 0.15) is 35.5 Å². The van der Waals surface area contributed by atoms with Gasteiger partial charge in [-0.05, 0) is 31.1 Å². The number of hydrogen-bond acceptors (Lipinski definition) is 7. The fraction of sp³-hybridized carbons (Fsp3) is 0.292. The molecule has 0 bridgehead atoms. The summed E-state index contributed by atoms with van der Waals surface area (Å²) >= 11 is 6.43. The molecule has 2 N–H and O–H groups in total. The van der Waals surface area contributed by atoms with Crippen LogP contribution in [0.3, 0.4) is 0 Å². The van der Waals surface area contributed by atoms with Crippen molar-refractivity contribution in [2.24, 2.45) is 13.0 Å². The monoisotopic (exact) mass is 499 g/mol. The second-order valence-electron chi connectivity index (χ2n) is 8.31. The molecule has 11 heteroatoms. The Hall–Kier alpha value is -3.92. The summed E-state index contributed by atoms with van der Waals surface area (Å²) in [6, 6.07) is 9.25. The van der Waals surface area contributed by atoms with Gasteiger partial charge in [0, 0.05) is 25.2 Å². The van der Waals surface area contributed by atoms with E-state index < -0.39 is 35.2 Å². The van der Waals surface area contributed by atoms with Gasteiger partial charge in [0.05, 0.1) is 11.4 Å². The van der Waals surface area contributed by atoms with Gasteiger partial charge in [-0.15, -0.1) is 0 Å². The Labute approximate surface area is 206 Å². The van der Waals surface area contributed by atoms with Crippen LogP contribution in [0.2, 0.25) is 5.15 Å². The number of para-hydroxylation sites is 1. The predicted octanol–water partition coefficient (Wildman–Crippen LogP) is 2.37. The number of Topliss-reactive ketones (excluding diaryl/α,β-unsaturated/α-hetero) is 1. The van der Waals surface area contributed by atoms with E-state index >= 15 is 0 Å². The summed E-state index contributed by atoms with van der Waals surface area (Å²) in [6.45, 7) is 4.97. The van der Waals surface area contributed by atoms with Gasteiger partial charge in [0.25, 0.3) is 5.56 Å². The highest BCUT2D eigenvalue weighted by atomic mass is 35.5. The zero-order chi connectivity index (χ0) is 25.9. The number of nitrogens with zero attached hydrogens (tertiary/aromatic N) is 4. The van der Waals surface area contributed by atoms with E-state index in [0.717, 1.165) is 20.9 Å². The van der Waals surface area contributed by atoms with E-state index in [2.05, 4.69) is 5.10 Å². The number of ketones is 1. The summed E-state index contributed by atoms with van der Waals surface area (Å²) < 4.78 is 8.52. The van der Waals surface area contributed by atoms with E-state index in [4.69, 9.17) is 22.1 Å². The zero-order valence-corrected chi connectivity index (χ0v) is 20.6. The van der Waals surface area contributed by atoms with Crippen LogP contribution >= 0.6 is 11.6 Å². The number of aromatic nitrogens is 4. The first kappa shape index (κ1) is 25.7. The molecule has 0 saturated carbocycles. The van der Waals surface area contributed by atoms with E-state index in [1.165, 1.54) is 17.8 Å². The molecule has 0 atom stereocenters. The van der Waals surface area contributed by atoms with Gasteiger partial charge in [0.1, 0.15) is 16.5 Å². The Bertz CT molecular complexity index is 1420. The van der Waals surface area contributed by atoms with Gasteiger partial charge in [-0.3, -0.25) is 18.7 Å². The van der Waals surface area contributed by atoms with Gasteiger partial charge in [0.2, 0.25) is 5.78 Å². The molecule has 0 spiro atoms. The molecule has 184 valence electrons. The molecule has 0 radical (unpaired) electrons. The molecular weight excluding hydrogens is 474 g/mol. The molecule has 1 aromatic carbocycles. The largest absolute Gasteiger partial charge is 0.454 e. The van der Waals surface area contributed by atoms with Crippen molar-refractivity contribution in [3.05, 3.63) is 79.2 Å². The molecule has 0 aliphatic rings. The summed E-state index contributed by atoms with van der Waals surface area (Å²) in [5, 5.41) is 4.69. The predicted molar refractivity (Wildman–Crippen MR) is 133 cm³/mol. The molecule has 0 amide bonds. The number of ether oxygens (including phenoxy) is 1. The molecule has 2 heterocycles. The second-order valence-corrected chi connectivity index (χ2v) is 8.67. The normalized spacial score (nSPS) is 11.4. The first-order valence-electron chi connectivity index (χ1n) is 10.8. The van der Waals surface area contributed by atoms with E-state index in [0.29, 0.717) is 16.4 Å². The number of carbonyl (C=O) groups is 2. The average molecular weight is 500 g/mol. The smallest absolute Gasteiger partial charge is 0.332 e. The molecule has 2 aromatic heterocycles. The van der Waals surface area contributed by atoms with E-state index in [1.54, 1.807) is 6.92 Å². The van der Waals surface area contributed by atoms with Crippen molar-refractivity contribution in [1.82, 2.24) is 18.9 Å². The molecule has 10 nitrogen and oxygen atoms in total. The highest BCUT2D eigenvalue weighted by Crippen LogP contribution is 2.24. The molecule has 0 saturated heterocycles. The molecule has 3 aromatic rings. The standard InChI is InChI=1S/C24H26ClN5O5/c1-14(2)12-29-22(26)20(23(33)28(4)24(29)34)18(31)13-35-19(32)11-10-17-15(3)27-30(21(17)25)16-8-6-5-7-9-16/h5-11,14H,12-13,26H2,1-4H3/b11-10+. The van der Waals surface area contributed by atoms with Crippen LogP contribution in [0.15, 0.2) is 46.0 Å². The first-order chi connectivity index (χ1) is 16.5. The van der Waals surface area contributed by atoms with Crippen LogP contribution in [-0.4, -0.2) is 37.3 Å². The maximum absolute atomic E-state index is 12.7. The Morgan fingerprint density at radius 2 is 1.86 bits per heavy atom. The average Bonchev–Trinajstić information content (AvgIpc) is 3.11. The van der Waals surface area contributed by atoms with Gasteiger partial charge in [-0.25, -0.2) is 14.3 Å². The van der Waals surface area contributed by atoms with Crippen LogP contribution in [-0.2, 0) is 23.1 Å². The SMILES string of the molecule is Cc1nn(-c2ccccc2)c(Cl)c1/C=C/C(=O)OCC(=O)c1c(N)n(CC(C)C)c(=O)n(C)c1=O. The third kappa shape index (κ3) is 5.43. The maximum atomic E-state index is 12.7. The Morgan fingerprint density at radius 3 is 2.49 bits per heavy atom. The van der Waals surface area contributed by atoms with Crippen LogP contribution < -0.4 is 17.0 Å². The topological polar surface area (TPSA) is 131 Å². The van der Waals surface area contributed by atoms with Gasteiger partial charge in [-0.2, -0.15) is 5.10 Å². The number of carbonyl (C=O) groups excluding carboxylic acids is 2. The van der Waals surface area contributed by atoms with Gasteiger partial charge >= 0.3 is 11.7 Å². The minimum Gasteiger partial charge on any atom is -0.454 e. The minimum absolute atomic E-state index is 0.0416. The van der Waals surface area contributed by atoms with Crippen molar-refractivity contribution in [2.45, 2.75) is 27.3 Å². The summed E-state index contributed by atoms with van der Waals surface area (Å²) in [5.74, 6) is -1.85. The lowest BCUT2D eigenvalue weighted by atomic mass is 10.1. The molecule has 0 aliphatic carbocycles. The molecule has 0 fully saturated rings. The zero-order valence-electron chi connectivity index (χ0n) is 19.8. The Balaban J connectivity index is 1.76. The number of nitrogens with two attached hydrogens (primary N) is 1. The number of halogens is 1. The number of hydrogen-bond donors (Lipinski definition) is 1. The summed E-state index contributed by atoms with van der Waals surface area (Å²) in [7, 11) is 1.26. The van der Waals surface area contributed by atoms with Crippen LogP contribution in [0.5, 0.6) is 0 Å². The molecule has 35 heavy (non-hydrogen) atoms. The van der Waals surface area contributed by atoms with Crippen LogP contribution in [0.4, 0.5) is 5.82 Å². The summed E-state index contributed by atoms with van der Waals surface area (Å²) in [4.78, 5) is 49.8. The van der Waals surface area contributed by atoms with Crippen LogP contribution in [0.25, 0.3) is 11.8 Å². The van der Waals surface area contributed by atoms with Crippen molar-refractivity contribution in [3.63, 3.8) is 0 Å². The number of nitrogen functional groups attached to an aromatic ring is 1. The lowest BCUT2D eigenvalue weighted by molar-refractivity contribution is -0.136. The van der Waals surface area contributed by atoms with Crippen LogP contribution in [0, 0.1) is 12.8 Å². The Kier molecular flexibility index (Phi) is 7.75. The lowest BCUT2D eigenvalue weighted by Gasteiger charge is -2.16. The van der Waals surface area contributed by atoms with Crippen molar-refractivity contribution in [1.29, 1.82) is 0 Å². The second kappa shape index (κ2) is 10.6. The Morgan fingerprint density at radius 1 is 1.20 bits per heavy atom. The number of esters is 1. The maximum Gasteiger partial charge on any atom is 0.332 e. The third-order valence-electron chi connectivity index (χ3n) is 5.19. The van der Waals surface area contributed by atoms with Gasteiger partial charge in [0.15, 0.2) is 6.61 Å². The molecule has 0 aliphatic heterocycles.